The van der Waals surface area contributed by atoms with E-state index < -0.39 is 0 Å². The molecule has 29 heavy (non-hydrogen) atoms. The van der Waals surface area contributed by atoms with E-state index in [1.54, 1.807) is 6.08 Å². The van der Waals surface area contributed by atoms with Crippen molar-refractivity contribution in [3.63, 3.8) is 0 Å². The van der Waals surface area contributed by atoms with E-state index in [4.69, 9.17) is 0 Å². The van der Waals surface area contributed by atoms with Crippen LogP contribution in [0.1, 0.15) is 37.3 Å². The molecule has 2 aromatic carbocycles. The van der Waals surface area contributed by atoms with Crippen LogP contribution in [0.25, 0.3) is 6.08 Å². The Balaban J connectivity index is 1.45. The number of likely N-dealkylation sites (tertiary alicyclic amines) is 1. The zero-order valence-corrected chi connectivity index (χ0v) is 17.2. The fraction of sp³-hybridized carbons (Fsp3) is 0.360. The van der Waals surface area contributed by atoms with Crippen LogP contribution in [0.2, 0.25) is 0 Å². The Morgan fingerprint density at radius 3 is 2.24 bits per heavy atom. The number of carbonyl (C=O) groups is 2. The van der Waals surface area contributed by atoms with Gasteiger partial charge in [0.2, 0.25) is 5.91 Å². The highest BCUT2D eigenvalue weighted by molar-refractivity contribution is 6.02. The third-order valence-electron chi connectivity index (χ3n) is 5.58. The van der Waals surface area contributed by atoms with E-state index in [0.717, 1.165) is 44.5 Å². The highest BCUT2D eigenvalue weighted by Gasteiger charge is 2.22. The van der Waals surface area contributed by atoms with Crippen molar-refractivity contribution in [2.24, 2.45) is 5.92 Å². The van der Waals surface area contributed by atoms with Crippen LogP contribution in [0.5, 0.6) is 0 Å². The molecule has 0 aromatic heterocycles. The summed E-state index contributed by atoms with van der Waals surface area (Å²) >= 11 is 0. The molecule has 0 spiro atoms. The Morgan fingerprint density at radius 1 is 1.00 bits per heavy atom. The maximum atomic E-state index is 12.5. The van der Waals surface area contributed by atoms with Crippen LogP contribution < -0.4 is 0 Å². The summed E-state index contributed by atoms with van der Waals surface area (Å²) in [6.07, 6.45) is 6.38. The fourth-order valence-electron chi connectivity index (χ4n) is 3.83. The molecule has 152 valence electrons. The first-order valence-electron chi connectivity index (χ1n) is 10.4. The van der Waals surface area contributed by atoms with Crippen molar-refractivity contribution in [3.05, 3.63) is 77.9 Å². The summed E-state index contributed by atoms with van der Waals surface area (Å²) in [6, 6.07) is 20.2. The average Bonchev–Trinajstić information content (AvgIpc) is 2.75. The fourth-order valence-corrected chi connectivity index (χ4v) is 3.83. The summed E-state index contributed by atoms with van der Waals surface area (Å²) in [5.41, 5.74) is 2.31. The van der Waals surface area contributed by atoms with Crippen molar-refractivity contribution in [3.8, 4) is 0 Å². The van der Waals surface area contributed by atoms with Crippen LogP contribution in [0.15, 0.2) is 66.7 Å². The van der Waals surface area contributed by atoms with Gasteiger partial charge in [0.15, 0.2) is 0 Å². The van der Waals surface area contributed by atoms with Crippen LogP contribution in [0.3, 0.4) is 0 Å². The zero-order valence-electron chi connectivity index (χ0n) is 17.2. The summed E-state index contributed by atoms with van der Waals surface area (Å²) in [5.74, 6) is 0.145. The van der Waals surface area contributed by atoms with Crippen LogP contribution in [0.4, 0.5) is 0 Å². The number of nitrogens with zero attached hydrogens (tertiary/aromatic N) is 2. The number of hydrogen-bond donors (Lipinski definition) is 0. The van der Waals surface area contributed by atoms with Gasteiger partial charge in [-0.05, 0) is 55.5 Å². The van der Waals surface area contributed by atoms with Gasteiger partial charge in [-0.2, -0.15) is 0 Å². The molecular formula is C25H30N2O2. The van der Waals surface area contributed by atoms with Crippen molar-refractivity contribution in [1.82, 2.24) is 9.80 Å². The van der Waals surface area contributed by atoms with Gasteiger partial charge in [0.25, 0.3) is 5.91 Å². The molecule has 0 bridgehead atoms. The second-order valence-electron chi connectivity index (χ2n) is 7.75. The molecule has 2 amide bonds. The Labute approximate surface area is 173 Å². The van der Waals surface area contributed by atoms with Crippen molar-refractivity contribution in [2.45, 2.75) is 32.7 Å². The van der Waals surface area contributed by atoms with E-state index in [0.29, 0.717) is 12.5 Å². The summed E-state index contributed by atoms with van der Waals surface area (Å²) < 4.78 is 0. The van der Waals surface area contributed by atoms with Gasteiger partial charge >= 0.3 is 0 Å². The second kappa shape index (κ2) is 10.7. The maximum Gasteiger partial charge on any atom is 0.253 e. The van der Waals surface area contributed by atoms with Crippen LogP contribution in [0, 0.1) is 5.92 Å². The van der Waals surface area contributed by atoms with Crippen LogP contribution in [-0.4, -0.2) is 41.2 Å². The smallest absolute Gasteiger partial charge is 0.253 e. The maximum absolute atomic E-state index is 12.5. The highest BCUT2D eigenvalue weighted by atomic mass is 16.2. The SMILES string of the molecule is CC(=O)N(CCC1CCN(Cc2ccccc2)CC1)C(=O)C=Cc1ccccc1. The third-order valence-corrected chi connectivity index (χ3v) is 5.58. The zero-order chi connectivity index (χ0) is 20.5. The van der Waals surface area contributed by atoms with Gasteiger partial charge in [-0.3, -0.25) is 19.4 Å². The second-order valence-corrected chi connectivity index (χ2v) is 7.75. The molecule has 1 aliphatic rings. The molecule has 2 aromatic rings. The van der Waals surface area contributed by atoms with Gasteiger partial charge in [-0.1, -0.05) is 60.7 Å². The van der Waals surface area contributed by atoms with E-state index in [-0.39, 0.29) is 11.8 Å². The van der Waals surface area contributed by atoms with Gasteiger partial charge in [0.05, 0.1) is 0 Å². The van der Waals surface area contributed by atoms with Crippen molar-refractivity contribution < 1.29 is 9.59 Å². The minimum atomic E-state index is -0.233. The third kappa shape index (κ3) is 6.68. The number of piperidine rings is 1. The van der Waals surface area contributed by atoms with E-state index in [1.807, 2.05) is 36.4 Å². The molecular weight excluding hydrogens is 360 g/mol. The largest absolute Gasteiger partial charge is 0.299 e. The Kier molecular flexibility index (Phi) is 7.77. The van der Waals surface area contributed by atoms with Crippen molar-refractivity contribution in [1.29, 1.82) is 0 Å². The van der Waals surface area contributed by atoms with Crippen LogP contribution >= 0.6 is 0 Å². The Bertz CT molecular complexity index is 809. The van der Waals surface area contributed by atoms with E-state index in [9.17, 15) is 9.59 Å². The van der Waals surface area contributed by atoms with Crippen LogP contribution in [-0.2, 0) is 16.1 Å². The molecule has 4 nitrogen and oxygen atoms in total. The molecule has 0 N–H and O–H groups in total. The minimum Gasteiger partial charge on any atom is -0.299 e. The molecule has 1 fully saturated rings. The predicted molar refractivity (Wildman–Crippen MR) is 117 cm³/mol. The predicted octanol–water partition coefficient (Wildman–Crippen LogP) is 4.38. The first-order valence-corrected chi connectivity index (χ1v) is 10.4. The Hall–Kier alpha value is -2.72. The summed E-state index contributed by atoms with van der Waals surface area (Å²) in [5, 5.41) is 0. The lowest BCUT2D eigenvalue weighted by molar-refractivity contribution is -0.140. The van der Waals surface area contributed by atoms with Gasteiger partial charge in [0.1, 0.15) is 0 Å². The minimum absolute atomic E-state index is 0.186. The van der Waals surface area contributed by atoms with E-state index >= 15 is 0 Å². The molecule has 1 aliphatic heterocycles. The summed E-state index contributed by atoms with van der Waals surface area (Å²) in [6.45, 7) is 5.10. The molecule has 1 heterocycles. The lowest BCUT2D eigenvalue weighted by Crippen LogP contribution is -2.38. The molecule has 3 rings (SSSR count). The average molecular weight is 391 g/mol. The molecule has 1 saturated heterocycles. The molecule has 4 heteroatoms. The molecule has 0 saturated carbocycles. The molecule has 0 atom stereocenters. The number of amides is 2. The van der Waals surface area contributed by atoms with Gasteiger partial charge in [-0.15, -0.1) is 0 Å². The number of rotatable bonds is 7. The highest BCUT2D eigenvalue weighted by Crippen LogP contribution is 2.22. The van der Waals surface area contributed by atoms with Gasteiger partial charge < -0.3 is 0 Å². The monoisotopic (exact) mass is 390 g/mol. The van der Waals surface area contributed by atoms with Gasteiger partial charge in [0, 0.05) is 26.1 Å². The number of imide groups is 1. The lowest BCUT2D eigenvalue weighted by atomic mass is 9.93. The van der Waals surface area contributed by atoms with Crippen molar-refractivity contribution >= 4 is 17.9 Å². The number of benzene rings is 2. The number of hydrogen-bond acceptors (Lipinski definition) is 3. The molecule has 0 unspecified atom stereocenters. The standard InChI is InChI=1S/C25H30N2O2/c1-21(28)27(25(29)13-12-22-8-4-2-5-9-22)19-16-23-14-17-26(18-15-23)20-24-10-6-3-7-11-24/h2-13,23H,14-20H2,1H3. The normalized spacial score (nSPS) is 15.5. The van der Waals surface area contributed by atoms with Gasteiger partial charge in [-0.25, -0.2) is 0 Å². The molecule has 0 aliphatic carbocycles. The summed E-state index contributed by atoms with van der Waals surface area (Å²) in [7, 11) is 0. The van der Waals surface area contributed by atoms with E-state index in [2.05, 4.69) is 29.2 Å². The summed E-state index contributed by atoms with van der Waals surface area (Å²) in [4.78, 5) is 28.3. The van der Waals surface area contributed by atoms with Crippen molar-refractivity contribution in [2.75, 3.05) is 19.6 Å². The first kappa shape index (κ1) is 21.0. The lowest BCUT2D eigenvalue weighted by Gasteiger charge is -2.32. The quantitative estimate of drug-likeness (QED) is 0.659. The Morgan fingerprint density at radius 2 is 1.62 bits per heavy atom. The first-order chi connectivity index (χ1) is 14.1. The number of carbonyl (C=O) groups excluding carboxylic acids is 2. The topological polar surface area (TPSA) is 40.6 Å². The molecule has 0 radical (unpaired) electrons. The van der Waals surface area contributed by atoms with E-state index in [1.165, 1.54) is 23.5 Å².